The van der Waals surface area contributed by atoms with E-state index in [0.29, 0.717) is 39.0 Å². The maximum atomic E-state index is 13.3. The van der Waals surface area contributed by atoms with E-state index in [2.05, 4.69) is 16.0 Å². The number of anilines is 2. The number of fused-ring (bicyclic) bond motifs is 1. The number of carbonyl (C=O) groups excluding carboxylic acids is 3. The summed E-state index contributed by atoms with van der Waals surface area (Å²) in [6, 6.07) is 27.9. The molecule has 8 nitrogen and oxygen atoms in total. The Balaban J connectivity index is 1.22. The van der Waals surface area contributed by atoms with Gasteiger partial charge in [0.1, 0.15) is 5.70 Å². The highest BCUT2D eigenvalue weighted by atomic mass is 35.5. The number of amides is 3. The van der Waals surface area contributed by atoms with Crippen LogP contribution in [0.4, 0.5) is 11.4 Å². The second-order valence-electron chi connectivity index (χ2n) is 9.23. The summed E-state index contributed by atoms with van der Waals surface area (Å²) in [5.74, 6) is 0.171. The molecule has 212 valence electrons. The molecule has 0 spiro atoms. The minimum absolute atomic E-state index is 0.0680. The van der Waals surface area contributed by atoms with E-state index in [1.807, 2.05) is 25.1 Å². The van der Waals surface area contributed by atoms with Crippen LogP contribution in [-0.2, 0) is 9.59 Å². The van der Waals surface area contributed by atoms with E-state index in [9.17, 15) is 14.4 Å². The van der Waals surface area contributed by atoms with E-state index in [1.54, 1.807) is 84.9 Å². The van der Waals surface area contributed by atoms with Gasteiger partial charge in [-0.2, -0.15) is 0 Å². The van der Waals surface area contributed by atoms with Crippen LogP contribution >= 0.6 is 23.4 Å². The van der Waals surface area contributed by atoms with Gasteiger partial charge in [0.2, 0.25) is 12.7 Å². The van der Waals surface area contributed by atoms with Crippen molar-refractivity contribution in [1.82, 2.24) is 5.32 Å². The minimum atomic E-state index is -0.494. The van der Waals surface area contributed by atoms with Gasteiger partial charge in [0.25, 0.3) is 11.8 Å². The molecule has 0 bridgehead atoms. The van der Waals surface area contributed by atoms with Gasteiger partial charge in [0.15, 0.2) is 11.5 Å². The predicted octanol–water partition coefficient (Wildman–Crippen LogP) is 6.60. The van der Waals surface area contributed by atoms with Gasteiger partial charge in [-0.25, -0.2) is 0 Å². The molecule has 4 aromatic rings. The Kier molecular flexibility index (Phi) is 9.11. The van der Waals surface area contributed by atoms with Crippen molar-refractivity contribution in [3.63, 3.8) is 0 Å². The Bertz CT molecular complexity index is 1630. The van der Waals surface area contributed by atoms with E-state index in [-0.39, 0.29) is 18.4 Å². The summed E-state index contributed by atoms with van der Waals surface area (Å²) in [6.45, 7) is 1.98. The average Bonchev–Trinajstić information content (AvgIpc) is 3.47. The van der Waals surface area contributed by atoms with E-state index < -0.39 is 17.1 Å². The molecule has 1 atom stereocenters. The minimum Gasteiger partial charge on any atom is -0.454 e. The average molecular weight is 600 g/mol. The molecule has 0 saturated carbocycles. The first-order chi connectivity index (χ1) is 20.3. The van der Waals surface area contributed by atoms with Gasteiger partial charge < -0.3 is 25.4 Å². The number of halogens is 1. The predicted molar refractivity (Wildman–Crippen MR) is 165 cm³/mol. The molecule has 10 heteroatoms. The Morgan fingerprint density at radius 1 is 0.833 bits per heavy atom. The number of rotatable bonds is 9. The van der Waals surface area contributed by atoms with Gasteiger partial charge in [-0.1, -0.05) is 41.9 Å². The topological polar surface area (TPSA) is 106 Å². The van der Waals surface area contributed by atoms with Gasteiger partial charge in [-0.05, 0) is 79.2 Å². The van der Waals surface area contributed by atoms with Crippen molar-refractivity contribution < 1.29 is 23.9 Å². The molecule has 5 rings (SSSR count). The SMILES string of the molecule is CC(Sc1ccc(NC(=O)/C(=C/c2ccc(Cl)cc2)NC(=O)c2ccccc2)cc1)C(=O)Nc1ccc2c(c1)OCO2. The first-order valence-corrected chi connectivity index (χ1v) is 14.2. The van der Waals surface area contributed by atoms with Crippen LogP contribution in [0.3, 0.4) is 0 Å². The zero-order chi connectivity index (χ0) is 29.5. The van der Waals surface area contributed by atoms with Crippen LogP contribution < -0.4 is 25.4 Å². The van der Waals surface area contributed by atoms with Gasteiger partial charge in [-0.15, -0.1) is 11.8 Å². The first-order valence-electron chi connectivity index (χ1n) is 13.0. The molecule has 0 fully saturated rings. The molecule has 0 aromatic heterocycles. The number of hydrogen-bond donors (Lipinski definition) is 3. The Morgan fingerprint density at radius 2 is 1.52 bits per heavy atom. The third-order valence-corrected chi connectivity index (χ3v) is 7.51. The zero-order valence-electron chi connectivity index (χ0n) is 22.4. The maximum Gasteiger partial charge on any atom is 0.272 e. The molecule has 1 aliphatic heterocycles. The normalized spacial score (nSPS) is 12.8. The molecule has 1 aliphatic rings. The van der Waals surface area contributed by atoms with Crippen molar-refractivity contribution in [3.8, 4) is 11.5 Å². The summed E-state index contributed by atoms with van der Waals surface area (Å²) >= 11 is 7.38. The highest BCUT2D eigenvalue weighted by Gasteiger charge is 2.19. The smallest absolute Gasteiger partial charge is 0.272 e. The van der Waals surface area contributed by atoms with Crippen LogP contribution in [0.15, 0.2) is 108 Å². The van der Waals surface area contributed by atoms with Crippen molar-refractivity contribution >= 4 is 58.5 Å². The van der Waals surface area contributed by atoms with Gasteiger partial charge in [0.05, 0.1) is 5.25 Å². The zero-order valence-corrected chi connectivity index (χ0v) is 24.0. The lowest BCUT2D eigenvalue weighted by atomic mass is 10.1. The van der Waals surface area contributed by atoms with E-state index in [4.69, 9.17) is 21.1 Å². The molecule has 3 N–H and O–H groups in total. The quantitative estimate of drug-likeness (QED) is 0.148. The summed E-state index contributed by atoms with van der Waals surface area (Å²) < 4.78 is 10.7. The van der Waals surface area contributed by atoms with Crippen molar-refractivity contribution in [1.29, 1.82) is 0 Å². The largest absolute Gasteiger partial charge is 0.454 e. The summed E-state index contributed by atoms with van der Waals surface area (Å²) in [4.78, 5) is 39.7. The summed E-state index contributed by atoms with van der Waals surface area (Å²) in [7, 11) is 0. The molecule has 42 heavy (non-hydrogen) atoms. The fourth-order valence-electron chi connectivity index (χ4n) is 3.96. The van der Waals surface area contributed by atoms with Gasteiger partial charge in [-0.3, -0.25) is 14.4 Å². The molecular weight excluding hydrogens is 574 g/mol. The number of thioether (sulfide) groups is 1. The molecule has 1 heterocycles. The lowest BCUT2D eigenvalue weighted by Gasteiger charge is -2.14. The second-order valence-corrected chi connectivity index (χ2v) is 11.1. The van der Waals surface area contributed by atoms with Crippen molar-refractivity contribution in [2.75, 3.05) is 17.4 Å². The first kappa shape index (κ1) is 28.8. The van der Waals surface area contributed by atoms with Crippen molar-refractivity contribution in [2.45, 2.75) is 17.1 Å². The van der Waals surface area contributed by atoms with Crippen LogP contribution in [0.25, 0.3) is 6.08 Å². The lowest BCUT2D eigenvalue weighted by molar-refractivity contribution is -0.115. The van der Waals surface area contributed by atoms with Gasteiger partial charge in [0, 0.05) is 32.9 Å². The van der Waals surface area contributed by atoms with Crippen LogP contribution in [0.5, 0.6) is 11.5 Å². The summed E-state index contributed by atoms with van der Waals surface area (Å²) in [5.41, 5.74) is 2.33. The molecular formula is C32H26ClN3O5S. The highest BCUT2D eigenvalue weighted by molar-refractivity contribution is 8.00. The van der Waals surface area contributed by atoms with Crippen molar-refractivity contribution in [2.24, 2.45) is 0 Å². The van der Waals surface area contributed by atoms with Crippen LogP contribution in [0.2, 0.25) is 5.02 Å². The fraction of sp³-hybridized carbons (Fsp3) is 0.0938. The fourth-order valence-corrected chi connectivity index (χ4v) is 4.95. The number of ether oxygens (including phenoxy) is 2. The number of hydrogen-bond acceptors (Lipinski definition) is 6. The molecule has 1 unspecified atom stereocenters. The molecule has 0 aliphatic carbocycles. The number of nitrogens with one attached hydrogen (secondary N) is 3. The molecule has 0 saturated heterocycles. The third-order valence-electron chi connectivity index (χ3n) is 6.14. The van der Waals surface area contributed by atoms with E-state index in [0.717, 1.165) is 4.90 Å². The lowest BCUT2D eigenvalue weighted by Crippen LogP contribution is -2.30. The van der Waals surface area contributed by atoms with E-state index >= 15 is 0 Å². The second kappa shape index (κ2) is 13.3. The Hall–Kier alpha value is -4.73. The maximum absolute atomic E-state index is 13.3. The molecule has 4 aromatic carbocycles. The van der Waals surface area contributed by atoms with Crippen molar-refractivity contribution in [3.05, 3.63) is 119 Å². The number of benzene rings is 4. The third kappa shape index (κ3) is 7.51. The number of carbonyl (C=O) groups is 3. The molecule has 0 radical (unpaired) electrons. The Morgan fingerprint density at radius 3 is 2.26 bits per heavy atom. The monoisotopic (exact) mass is 599 g/mol. The van der Waals surface area contributed by atoms with Crippen LogP contribution in [0, 0.1) is 0 Å². The summed E-state index contributed by atoms with van der Waals surface area (Å²) in [6.07, 6.45) is 1.58. The van der Waals surface area contributed by atoms with Gasteiger partial charge >= 0.3 is 0 Å². The standard InChI is InChI=1S/C32H26ClN3O5S/c1-20(30(37)35-25-13-16-28-29(18-25)41-19-40-28)42-26-14-11-24(12-15-26)34-32(39)27(17-21-7-9-23(33)10-8-21)36-31(38)22-5-3-2-4-6-22/h2-18,20H,19H2,1H3,(H,34,39)(H,35,37)(H,36,38)/b27-17-. The van der Waals surface area contributed by atoms with E-state index in [1.165, 1.54) is 11.8 Å². The summed E-state index contributed by atoms with van der Waals surface area (Å²) in [5, 5.41) is 8.60. The van der Waals surface area contributed by atoms with Crippen LogP contribution in [-0.4, -0.2) is 29.8 Å². The highest BCUT2D eigenvalue weighted by Crippen LogP contribution is 2.34. The Labute approximate surface area is 252 Å². The van der Waals surface area contributed by atoms with Crippen LogP contribution in [0.1, 0.15) is 22.8 Å². The molecule has 3 amide bonds.